The first-order valence-corrected chi connectivity index (χ1v) is 6.54. The van der Waals surface area contributed by atoms with Crippen LogP contribution in [0.25, 0.3) is 0 Å². The van der Waals surface area contributed by atoms with Gasteiger partial charge in [-0.1, -0.05) is 12.1 Å². The Morgan fingerprint density at radius 3 is 2.82 bits per heavy atom. The lowest BCUT2D eigenvalue weighted by Gasteiger charge is -2.16. The lowest BCUT2D eigenvalue weighted by Crippen LogP contribution is -2.18. The van der Waals surface area contributed by atoms with Gasteiger partial charge in [0.05, 0.1) is 0 Å². The Labute approximate surface area is 105 Å². The first-order chi connectivity index (χ1) is 8.20. The fourth-order valence-corrected chi connectivity index (χ4v) is 2.75. The van der Waals surface area contributed by atoms with Crippen molar-refractivity contribution < 1.29 is 4.39 Å². The molecule has 0 aliphatic heterocycles. The van der Waals surface area contributed by atoms with Gasteiger partial charge in [-0.05, 0) is 55.1 Å². The molecule has 90 valence electrons. The minimum Gasteiger partial charge on any atom is -0.312 e. The van der Waals surface area contributed by atoms with E-state index in [1.165, 1.54) is 10.9 Å². The lowest BCUT2D eigenvalue weighted by atomic mass is 10.00. The average Bonchev–Trinajstić information content (AvgIpc) is 2.84. The Morgan fingerprint density at radius 1 is 1.35 bits per heavy atom. The maximum Gasteiger partial charge on any atom is 0.123 e. The van der Waals surface area contributed by atoms with E-state index in [0.29, 0.717) is 0 Å². The summed E-state index contributed by atoms with van der Waals surface area (Å²) in [4.78, 5) is 1.29. The Kier molecular flexibility index (Phi) is 3.92. The van der Waals surface area contributed by atoms with Crippen molar-refractivity contribution in [2.75, 3.05) is 7.05 Å². The lowest BCUT2D eigenvalue weighted by molar-refractivity contribution is 0.590. The van der Waals surface area contributed by atoms with E-state index in [0.717, 1.165) is 17.5 Å². The molecule has 2 rings (SSSR count). The predicted octanol–water partition coefficient (Wildman–Crippen LogP) is 3.70. The Hall–Kier alpha value is -1.19. The summed E-state index contributed by atoms with van der Waals surface area (Å²) in [6.07, 6.45) is 0.820. The first-order valence-electron chi connectivity index (χ1n) is 5.66. The van der Waals surface area contributed by atoms with Gasteiger partial charge in [-0.25, -0.2) is 4.39 Å². The zero-order valence-corrected chi connectivity index (χ0v) is 10.9. The highest BCUT2D eigenvalue weighted by molar-refractivity contribution is 7.10. The van der Waals surface area contributed by atoms with Gasteiger partial charge in [0.15, 0.2) is 0 Å². The number of hydrogen-bond acceptors (Lipinski definition) is 2. The summed E-state index contributed by atoms with van der Waals surface area (Å²) < 4.78 is 13.2. The first kappa shape index (κ1) is 12.3. The number of halogens is 1. The summed E-state index contributed by atoms with van der Waals surface area (Å²) in [5.41, 5.74) is 2.21. The number of rotatable bonds is 4. The summed E-state index contributed by atoms with van der Waals surface area (Å²) in [6, 6.07) is 9.40. The van der Waals surface area contributed by atoms with Crippen molar-refractivity contribution in [1.29, 1.82) is 0 Å². The molecule has 0 radical (unpaired) electrons. The minimum absolute atomic E-state index is 0.161. The third kappa shape index (κ3) is 2.93. The molecule has 1 heterocycles. The fourth-order valence-electron chi connectivity index (χ4n) is 1.91. The Bertz CT molecular complexity index is 479. The second-order valence-corrected chi connectivity index (χ2v) is 5.11. The zero-order chi connectivity index (χ0) is 12.3. The summed E-state index contributed by atoms with van der Waals surface area (Å²) >= 11 is 1.73. The summed E-state index contributed by atoms with van der Waals surface area (Å²) in [6.45, 7) is 2.02. The van der Waals surface area contributed by atoms with Crippen LogP contribution in [0, 0.1) is 12.7 Å². The maximum absolute atomic E-state index is 13.2. The smallest absolute Gasteiger partial charge is 0.123 e. The molecule has 0 fully saturated rings. The van der Waals surface area contributed by atoms with Crippen molar-refractivity contribution in [1.82, 2.24) is 5.32 Å². The van der Waals surface area contributed by atoms with E-state index >= 15 is 0 Å². The third-order valence-corrected chi connectivity index (χ3v) is 3.96. The molecule has 0 amide bonds. The molecule has 0 aliphatic carbocycles. The molecule has 1 aromatic carbocycles. The van der Waals surface area contributed by atoms with Crippen molar-refractivity contribution in [3.63, 3.8) is 0 Å². The van der Waals surface area contributed by atoms with E-state index in [9.17, 15) is 4.39 Å². The molecule has 3 heteroatoms. The molecule has 0 saturated carbocycles. The van der Waals surface area contributed by atoms with E-state index in [4.69, 9.17) is 0 Å². The summed E-state index contributed by atoms with van der Waals surface area (Å²) in [7, 11) is 1.94. The molecule has 0 bridgehead atoms. The number of aryl methyl sites for hydroxylation is 1. The van der Waals surface area contributed by atoms with Gasteiger partial charge in [0.25, 0.3) is 0 Å². The largest absolute Gasteiger partial charge is 0.312 e. The molecule has 1 N–H and O–H groups in total. The van der Waals surface area contributed by atoms with E-state index in [-0.39, 0.29) is 11.9 Å². The van der Waals surface area contributed by atoms with E-state index < -0.39 is 0 Å². The van der Waals surface area contributed by atoms with Gasteiger partial charge < -0.3 is 5.32 Å². The van der Waals surface area contributed by atoms with E-state index in [1.807, 2.05) is 26.1 Å². The van der Waals surface area contributed by atoms with Gasteiger partial charge in [-0.3, -0.25) is 0 Å². The highest BCUT2D eigenvalue weighted by Crippen LogP contribution is 2.24. The minimum atomic E-state index is -0.161. The topological polar surface area (TPSA) is 12.0 Å². The maximum atomic E-state index is 13.2. The average molecular weight is 249 g/mol. The normalized spacial score (nSPS) is 12.6. The van der Waals surface area contributed by atoms with Crippen LogP contribution in [-0.2, 0) is 6.42 Å². The molecule has 1 nitrogen and oxygen atoms in total. The van der Waals surface area contributed by atoms with Crippen LogP contribution in [0.2, 0.25) is 0 Å². The Morgan fingerprint density at radius 2 is 2.18 bits per heavy atom. The monoisotopic (exact) mass is 249 g/mol. The molecular weight excluding hydrogens is 233 g/mol. The summed E-state index contributed by atoms with van der Waals surface area (Å²) in [5.74, 6) is -0.161. The van der Waals surface area contributed by atoms with Crippen molar-refractivity contribution >= 4 is 11.3 Å². The van der Waals surface area contributed by atoms with Crippen LogP contribution in [0.3, 0.4) is 0 Å². The van der Waals surface area contributed by atoms with Crippen LogP contribution in [0.5, 0.6) is 0 Å². The predicted molar refractivity (Wildman–Crippen MR) is 71.0 cm³/mol. The number of hydrogen-bond donors (Lipinski definition) is 1. The molecule has 17 heavy (non-hydrogen) atoms. The number of likely N-dealkylation sites (N-methyl/N-ethyl adjacent to an activating group) is 1. The van der Waals surface area contributed by atoms with Crippen LogP contribution in [0.15, 0.2) is 35.7 Å². The highest BCUT2D eigenvalue weighted by atomic mass is 32.1. The van der Waals surface area contributed by atoms with Gasteiger partial charge >= 0.3 is 0 Å². The van der Waals surface area contributed by atoms with Gasteiger partial charge in [-0.15, -0.1) is 11.3 Å². The molecule has 1 unspecified atom stereocenters. The molecule has 2 aromatic rings. The third-order valence-electron chi connectivity index (χ3n) is 2.97. The quantitative estimate of drug-likeness (QED) is 0.871. The van der Waals surface area contributed by atoms with E-state index in [1.54, 1.807) is 17.4 Å². The van der Waals surface area contributed by atoms with Crippen LogP contribution in [0.4, 0.5) is 4.39 Å². The molecule has 1 atom stereocenters. The number of nitrogens with one attached hydrogen (secondary N) is 1. The SMILES string of the molecule is CNC(Cc1cc(F)ccc1C)c1cccs1. The second kappa shape index (κ2) is 5.43. The van der Waals surface area contributed by atoms with Gasteiger partial charge in [0.2, 0.25) is 0 Å². The van der Waals surface area contributed by atoms with Crippen LogP contribution in [-0.4, -0.2) is 7.05 Å². The van der Waals surface area contributed by atoms with Gasteiger partial charge in [0.1, 0.15) is 5.82 Å². The van der Waals surface area contributed by atoms with Gasteiger partial charge in [-0.2, -0.15) is 0 Å². The molecule has 0 saturated heterocycles. The molecule has 1 aromatic heterocycles. The standard InChI is InChI=1S/C14H16FNS/c1-10-5-6-12(15)8-11(10)9-13(16-2)14-4-3-7-17-14/h3-8,13,16H,9H2,1-2H3. The Balaban J connectivity index is 2.21. The van der Waals surface area contributed by atoms with Crippen molar-refractivity contribution in [3.05, 3.63) is 57.5 Å². The fraction of sp³-hybridized carbons (Fsp3) is 0.286. The van der Waals surface area contributed by atoms with Crippen molar-refractivity contribution in [3.8, 4) is 0 Å². The second-order valence-electron chi connectivity index (χ2n) is 4.13. The van der Waals surface area contributed by atoms with Crippen molar-refractivity contribution in [2.45, 2.75) is 19.4 Å². The van der Waals surface area contributed by atoms with Crippen molar-refractivity contribution in [2.24, 2.45) is 0 Å². The highest BCUT2D eigenvalue weighted by Gasteiger charge is 2.12. The number of benzene rings is 1. The summed E-state index contributed by atoms with van der Waals surface area (Å²) in [5, 5.41) is 5.36. The number of thiophene rings is 1. The van der Waals surface area contributed by atoms with E-state index in [2.05, 4.69) is 16.8 Å². The molecular formula is C14H16FNS. The van der Waals surface area contributed by atoms with Gasteiger partial charge in [0, 0.05) is 10.9 Å². The van der Waals surface area contributed by atoms with Crippen LogP contribution < -0.4 is 5.32 Å². The molecule has 0 aliphatic rings. The zero-order valence-electron chi connectivity index (χ0n) is 10.0. The van der Waals surface area contributed by atoms with Crippen LogP contribution in [0.1, 0.15) is 22.0 Å². The molecule has 0 spiro atoms. The van der Waals surface area contributed by atoms with Crippen LogP contribution >= 0.6 is 11.3 Å².